The van der Waals surface area contributed by atoms with E-state index in [1.165, 1.54) is 6.92 Å². The molecule has 1 amide bonds. The third-order valence-electron chi connectivity index (χ3n) is 5.11. The number of carbonyl (C=O) groups excluding carboxylic acids is 2. The van der Waals surface area contributed by atoms with E-state index in [0.29, 0.717) is 37.3 Å². The normalized spacial score (nSPS) is 14.1. The molecule has 1 aliphatic heterocycles. The van der Waals surface area contributed by atoms with Gasteiger partial charge in [-0.15, -0.1) is 0 Å². The minimum absolute atomic E-state index is 0.00274. The third-order valence-corrected chi connectivity index (χ3v) is 5.11. The van der Waals surface area contributed by atoms with Crippen molar-refractivity contribution in [2.75, 3.05) is 31.1 Å². The summed E-state index contributed by atoms with van der Waals surface area (Å²) < 4.78 is 1.96. The summed E-state index contributed by atoms with van der Waals surface area (Å²) in [6, 6.07) is 12.8. The fourth-order valence-corrected chi connectivity index (χ4v) is 3.49. The molecule has 2 aromatic heterocycles. The molecule has 29 heavy (non-hydrogen) atoms. The fourth-order valence-electron chi connectivity index (χ4n) is 3.49. The van der Waals surface area contributed by atoms with E-state index in [-0.39, 0.29) is 11.7 Å². The maximum atomic E-state index is 12.8. The van der Waals surface area contributed by atoms with Crippen molar-refractivity contribution in [1.29, 1.82) is 0 Å². The Morgan fingerprint density at radius 3 is 2.07 bits per heavy atom. The van der Waals surface area contributed by atoms with Gasteiger partial charge in [-0.05, 0) is 38.1 Å². The number of rotatable bonds is 4. The minimum Gasteiger partial charge on any atom is -0.353 e. The van der Waals surface area contributed by atoms with Crippen LogP contribution in [-0.2, 0) is 0 Å². The van der Waals surface area contributed by atoms with Gasteiger partial charge in [0.1, 0.15) is 17.5 Å². The second-order valence-corrected chi connectivity index (χ2v) is 7.13. The van der Waals surface area contributed by atoms with Gasteiger partial charge >= 0.3 is 0 Å². The number of ketones is 1. The quantitative estimate of drug-likeness (QED) is 0.642. The predicted molar refractivity (Wildman–Crippen MR) is 111 cm³/mol. The fraction of sp³-hybridized carbons (Fsp3) is 0.273. The lowest BCUT2D eigenvalue weighted by Gasteiger charge is -2.35. The van der Waals surface area contributed by atoms with Crippen LogP contribution in [0.2, 0.25) is 0 Å². The second-order valence-electron chi connectivity index (χ2n) is 7.13. The van der Waals surface area contributed by atoms with Crippen LogP contribution in [0.15, 0.2) is 54.9 Å². The Labute approximate surface area is 169 Å². The largest absolute Gasteiger partial charge is 0.353 e. The number of amides is 1. The van der Waals surface area contributed by atoms with Gasteiger partial charge in [-0.1, -0.05) is 12.1 Å². The van der Waals surface area contributed by atoms with Crippen molar-refractivity contribution in [3.8, 4) is 5.82 Å². The number of anilines is 1. The molecule has 0 bridgehead atoms. The molecule has 3 heterocycles. The van der Waals surface area contributed by atoms with Crippen molar-refractivity contribution in [2.24, 2.45) is 0 Å². The molecule has 3 aromatic rings. The molecule has 0 radical (unpaired) electrons. The molecule has 0 saturated carbocycles. The van der Waals surface area contributed by atoms with Gasteiger partial charge in [0.15, 0.2) is 5.78 Å². The number of carbonyl (C=O) groups is 2. The zero-order chi connectivity index (χ0) is 20.4. The number of Topliss-reactive ketones (excluding diaryl/α,β-unsaturated/α-hetero) is 1. The molecule has 0 spiro atoms. The molecule has 0 atom stereocenters. The van der Waals surface area contributed by atoms with Crippen molar-refractivity contribution < 1.29 is 9.59 Å². The van der Waals surface area contributed by atoms with E-state index < -0.39 is 0 Å². The lowest BCUT2D eigenvalue weighted by atomic mass is 10.1. The maximum absolute atomic E-state index is 12.8. The molecule has 0 N–H and O–H groups in total. The van der Waals surface area contributed by atoms with Crippen LogP contribution < -0.4 is 4.90 Å². The summed E-state index contributed by atoms with van der Waals surface area (Å²) in [5, 5.41) is 0. The van der Waals surface area contributed by atoms with Crippen LogP contribution >= 0.6 is 0 Å². The Morgan fingerprint density at radius 1 is 0.862 bits per heavy atom. The molecule has 1 fully saturated rings. The van der Waals surface area contributed by atoms with Crippen LogP contribution in [0.25, 0.3) is 5.82 Å². The highest BCUT2D eigenvalue weighted by molar-refractivity contribution is 5.97. The summed E-state index contributed by atoms with van der Waals surface area (Å²) in [6.45, 7) is 6.07. The number of piperazine rings is 1. The highest BCUT2D eigenvalue weighted by atomic mass is 16.2. The van der Waals surface area contributed by atoms with Crippen LogP contribution in [-0.4, -0.2) is 57.3 Å². The molecular weight excluding hydrogens is 366 g/mol. The van der Waals surface area contributed by atoms with Gasteiger partial charge in [0.05, 0.1) is 0 Å². The number of aryl methyl sites for hydroxylation is 1. The summed E-state index contributed by atoms with van der Waals surface area (Å²) in [4.78, 5) is 37.3. The number of hydrogen-bond donors (Lipinski definition) is 0. The topological polar surface area (TPSA) is 71.3 Å². The van der Waals surface area contributed by atoms with E-state index in [1.807, 2.05) is 47.0 Å². The molecule has 1 saturated heterocycles. The standard InChI is InChI=1S/C22H23N5O2/c1-16(28)18-5-7-19(8-6-18)22(29)27-13-11-26(12-14-27)21-15-20(23-17(2)24-21)25-9-3-4-10-25/h3-10,15H,11-14H2,1-2H3. The van der Waals surface area contributed by atoms with Crippen LogP contribution in [0.4, 0.5) is 5.82 Å². The summed E-state index contributed by atoms with van der Waals surface area (Å²) in [7, 11) is 0. The molecule has 0 aliphatic carbocycles. The highest BCUT2D eigenvalue weighted by Crippen LogP contribution is 2.19. The molecule has 0 unspecified atom stereocenters. The first-order chi connectivity index (χ1) is 14.0. The van der Waals surface area contributed by atoms with Gasteiger partial charge < -0.3 is 14.4 Å². The van der Waals surface area contributed by atoms with Gasteiger partial charge in [0.25, 0.3) is 5.91 Å². The Hall–Kier alpha value is -3.48. The summed E-state index contributed by atoms with van der Waals surface area (Å²) in [5.74, 6) is 2.42. The lowest BCUT2D eigenvalue weighted by molar-refractivity contribution is 0.0746. The highest BCUT2D eigenvalue weighted by Gasteiger charge is 2.23. The first-order valence-corrected chi connectivity index (χ1v) is 9.65. The Kier molecular flexibility index (Phi) is 5.12. The number of hydrogen-bond acceptors (Lipinski definition) is 5. The maximum Gasteiger partial charge on any atom is 0.253 e. The van der Waals surface area contributed by atoms with E-state index in [9.17, 15) is 9.59 Å². The zero-order valence-electron chi connectivity index (χ0n) is 16.6. The first-order valence-electron chi connectivity index (χ1n) is 9.65. The third kappa shape index (κ3) is 4.03. The van der Waals surface area contributed by atoms with Gasteiger partial charge in [-0.2, -0.15) is 0 Å². The van der Waals surface area contributed by atoms with E-state index in [0.717, 1.165) is 17.5 Å². The SMILES string of the molecule is CC(=O)c1ccc(C(=O)N2CCN(c3cc(-n4cccc4)nc(C)n3)CC2)cc1. The van der Waals surface area contributed by atoms with Crippen molar-refractivity contribution >= 4 is 17.5 Å². The number of aromatic nitrogens is 3. The molecule has 4 rings (SSSR count). The summed E-state index contributed by atoms with van der Waals surface area (Å²) in [5.41, 5.74) is 1.22. The number of nitrogens with zero attached hydrogens (tertiary/aromatic N) is 5. The Bertz CT molecular complexity index is 1020. The lowest BCUT2D eigenvalue weighted by Crippen LogP contribution is -2.49. The zero-order valence-corrected chi connectivity index (χ0v) is 16.6. The molecule has 7 heteroatoms. The van der Waals surface area contributed by atoms with E-state index >= 15 is 0 Å². The van der Waals surface area contributed by atoms with E-state index in [2.05, 4.69) is 14.9 Å². The Morgan fingerprint density at radius 2 is 1.45 bits per heavy atom. The Balaban J connectivity index is 1.44. The predicted octanol–water partition coefficient (Wildman–Crippen LogP) is 2.74. The van der Waals surface area contributed by atoms with Crippen LogP contribution in [0.1, 0.15) is 33.5 Å². The summed E-state index contributed by atoms with van der Waals surface area (Å²) in [6.07, 6.45) is 3.92. The van der Waals surface area contributed by atoms with Crippen molar-refractivity contribution in [3.63, 3.8) is 0 Å². The van der Waals surface area contributed by atoms with E-state index in [4.69, 9.17) is 0 Å². The van der Waals surface area contributed by atoms with Gasteiger partial charge in [-0.3, -0.25) is 9.59 Å². The average molecular weight is 389 g/mol. The van der Waals surface area contributed by atoms with Crippen molar-refractivity contribution in [2.45, 2.75) is 13.8 Å². The second kappa shape index (κ2) is 7.87. The van der Waals surface area contributed by atoms with Gasteiger partial charge in [0.2, 0.25) is 0 Å². The van der Waals surface area contributed by atoms with Crippen molar-refractivity contribution in [1.82, 2.24) is 19.4 Å². The monoisotopic (exact) mass is 389 g/mol. The van der Waals surface area contributed by atoms with Gasteiger partial charge in [-0.25, -0.2) is 9.97 Å². The summed E-state index contributed by atoms with van der Waals surface area (Å²) >= 11 is 0. The average Bonchev–Trinajstić information content (AvgIpc) is 3.28. The molecular formula is C22H23N5O2. The van der Waals surface area contributed by atoms with Crippen LogP contribution in [0.5, 0.6) is 0 Å². The molecule has 1 aliphatic rings. The van der Waals surface area contributed by atoms with Crippen molar-refractivity contribution in [3.05, 3.63) is 71.8 Å². The van der Waals surface area contributed by atoms with Crippen LogP contribution in [0, 0.1) is 6.92 Å². The first kappa shape index (κ1) is 18.9. The smallest absolute Gasteiger partial charge is 0.253 e. The van der Waals surface area contributed by atoms with Crippen LogP contribution in [0.3, 0.4) is 0 Å². The number of benzene rings is 1. The molecule has 148 valence electrons. The molecule has 1 aromatic carbocycles. The minimum atomic E-state index is -0.00773. The van der Waals surface area contributed by atoms with E-state index in [1.54, 1.807) is 24.3 Å². The van der Waals surface area contributed by atoms with Gasteiger partial charge in [0, 0.05) is 55.8 Å². The molecule has 7 nitrogen and oxygen atoms in total.